The van der Waals surface area contributed by atoms with Gasteiger partial charge in [0.15, 0.2) is 17.5 Å². The van der Waals surface area contributed by atoms with Crippen molar-refractivity contribution in [1.29, 1.82) is 0 Å². The molecule has 0 aliphatic rings. The first-order valence-electron chi connectivity index (χ1n) is 5.44. The molecule has 0 aromatic heterocycles. The first-order valence-corrected chi connectivity index (χ1v) is 7.03. The largest absolute Gasteiger partial charge is 0.506 e. The van der Waals surface area contributed by atoms with E-state index < -0.39 is 17.5 Å². The van der Waals surface area contributed by atoms with E-state index in [9.17, 15) is 18.3 Å². The summed E-state index contributed by atoms with van der Waals surface area (Å²) in [6.07, 6.45) is 0. The van der Waals surface area contributed by atoms with E-state index in [1.165, 1.54) is 0 Å². The Hall–Kier alpha value is -1.21. The molecule has 0 fully saturated rings. The minimum Gasteiger partial charge on any atom is -0.506 e. The molecule has 0 atom stereocenters. The molecule has 0 aliphatic heterocycles. The van der Waals surface area contributed by atoms with Gasteiger partial charge in [-0.25, -0.2) is 13.2 Å². The van der Waals surface area contributed by atoms with Crippen molar-refractivity contribution < 1.29 is 18.3 Å². The number of phenolic OH excluding ortho intramolecular Hbond substituents is 1. The van der Waals surface area contributed by atoms with E-state index in [-0.39, 0.29) is 18.0 Å². The molecule has 20 heavy (non-hydrogen) atoms. The molecule has 0 saturated carbocycles. The summed E-state index contributed by atoms with van der Waals surface area (Å²) < 4.78 is 40.2. The molecule has 0 amide bonds. The number of phenols is 1. The van der Waals surface area contributed by atoms with Crippen LogP contribution in [-0.4, -0.2) is 5.11 Å². The van der Waals surface area contributed by atoms with E-state index in [1.54, 1.807) is 12.1 Å². The maximum absolute atomic E-state index is 13.5. The van der Waals surface area contributed by atoms with Crippen LogP contribution in [0.5, 0.6) is 5.75 Å². The average molecular weight is 411 g/mol. The molecule has 2 aromatic carbocycles. The molecule has 0 saturated heterocycles. The lowest BCUT2D eigenvalue weighted by Crippen LogP contribution is -2.04. The second-order valence-corrected chi connectivity index (χ2v) is 5.69. The van der Waals surface area contributed by atoms with Gasteiger partial charge in [0.05, 0.1) is 14.6 Å². The van der Waals surface area contributed by atoms with Crippen LogP contribution in [0.15, 0.2) is 33.2 Å². The van der Waals surface area contributed by atoms with E-state index >= 15 is 0 Å². The topological polar surface area (TPSA) is 32.3 Å². The third kappa shape index (κ3) is 3.09. The summed E-state index contributed by atoms with van der Waals surface area (Å²) in [5.41, 5.74) is 0.579. The standard InChI is InChI=1S/C13H8Br2F3NO/c14-7-3-6(4-8(15)13(7)20)5-19-10-2-1-9(16)11(17)12(10)18/h1-4,19-20H,5H2. The predicted molar refractivity (Wildman–Crippen MR) is 77.1 cm³/mol. The summed E-state index contributed by atoms with van der Waals surface area (Å²) in [6.45, 7) is 0.180. The Balaban J connectivity index is 2.19. The molecule has 2 rings (SSSR count). The highest BCUT2D eigenvalue weighted by Crippen LogP contribution is 2.33. The van der Waals surface area contributed by atoms with Gasteiger partial charge in [-0.05, 0) is 61.7 Å². The molecule has 2 aromatic rings. The van der Waals surface area contributed by atoms with E-state index in [0.29, 0.717) is 14.5 Å². The minimum atomic E-state index is -1.51. The van der Waals surface area contributed by atoms with Gasteiger partial charge in [0.1, 0.15) is 5.75 Å². The molecule has 0 aliphatic carbocycles. The number of rotatable bonds is 3. The average Bonchev–Trinajstić information content (AvgIpc) is 2.41. The SMILES string of the molecule is Oc1c(Br)cc(CNc2ccc(F)c(F)c2F)cc1Br. The van der Waals surface area contributed by atoms with Crippen molar-refractivity contribution in [1.82, 2.24) is 0 Å². The molecule has 0 spiro atoms. The van der Waals surface area contributed by atoms with Gasteiger partial charge in [-0.15, -0.1) is 0 Å². The van der Waals surface area contributed by atoms with Crippen LogP contribution in [0.2, 0.25) is 0 Å². The van der Waals surface area contributed by atoms with Crippen molar-refractivity contribution in [3.8, 4) is 5.75 Å². The maximum atomic E-state index is 13.5. The summed E-state index contributed by atoms with van der Waals surface area (Å²) in [7, 11) is 0. The second kappa shape index (κ2) is 6.05. The van der Waals surface area contributed by atoms with Crippen molar-refractivity contribution >= 4 is 37.5 Å². The van der Waals surface area contributed by atoms with Crippen LogP contribution in [0, 0.1) is 17.5 Å². The normalized spacial score (nSPS) is 10.7. The lowest BCUT2D eigenvalue weighted by Gasteiger charge is -2.10. The van der Waals surface area contributed by atoms with Crippen molar-refractivity contribution in [2.24, 2.45) is 0 Å². The van der Waals surface area contributed by atoms with Gasteiger partial charge in [0.25, 0.3) is 0 Å². The number of nitrogens with one attached hydrogen (secondary N) is 1. The summed E-state index contributed by atoms with van der Waals surface area (Å²) in [5.74, 6) is -3.96. The third-order valence-electron chi connectivity index (χ3n) is 2.59. The number of anilines is 1. The van der Waals surface area contributed by atoms with Crippen LogP contribution in [0.1, 0.15) is 5.56 Å². The zero-order valence-corrected chi connectivity index (χ0v) is 13.0. The first kappa shape index (κ1) is 15.2. The molecule has 0 heterocycles. The zero-order chi connectivity index (χ0) is 14.9. The van der Waals surface area contributed by atoms with Gasteiger partial charge in [0.2, 0.25) is 0 Å². The number of halogens is 5. The van der Waals surface area contributed by atoms with Crippen molar-refractivity contribution in [3.05, 3.63) is 56.2 Å². The lowest BCUT2D eigenvalue weighted by atomic mass is 10.2. The Labute approximate surface area is 129 Å². The summed E-state index contributed by atoms with van der Waals surface area (Å²) >= 11 is 6.33. The smallest absolute Gasteiger partial charge is 0.196 e. The van der Waals surface area contributed by atoms with Crippen molar-refractivity contribution in [2.45, 2.75) is 6.54 Å². The number of benzene rings is 2. The van der Waals surface area contributed by atoms with E-state index in [2.05, 4.69) is 37.2 Å². The number of hydrogen-bond donors (Lipinski definition) is 2. The van der Waals surface area contributed by atoms with Gasteiger partial charge in [0, 0.05) is 6.54 Å². The molecule has 0 bridgehead atoms. The molecule has 2 nitrogen and oxygen atoms in total. The Morgan fingerprint density at radius 3 is 2.20 bits per heavy atom. The predicted octanol–water partition coefficient (Wildman–Crippen LogP) is 4.95. The third-order valence-corrected chi connectivity index (χ3v) is 3.80. The van der Waals surface area contributed by atoms with E-state index in [4.69, 9.17) is 0 Å². The monoisotopic (exact) mass is 409 g/mol. The Bertz CT molecular complexity index is 641. The van der Waals surface area contributed by atoms with Crippen LogP contribution in [0.25, 0.3) is 0 Å². The fourth-order valence-corrected chi connectivity index (χ4v) is 2.86. The summed E-state index contributed by atoms with van der Waals surface area (Å²) in [6, 6.07) is 5.23. The second-order valence-electron chi connectivity index (χ2n) is 3.98. The van der Waals surface area contributed by atoms with Crippen LogP contribution < -0.4 is 5.32 Å². The quantitative estimate of drug-likeness (QED) is 0.702. The Morgan fingerprint density at radius 2 is 1.60 bits per heavy atom. The number of aromatic hydroxyl groups is 1. The first-order chi connectivity index (χ1) is 9.40. The van der Waals surface area contributed by atoms with Gasteiger partial charge in [-0.3, -0.25) is 0 Å². The summed E-state index contributed by atoms with van der Waals surface area (Å²) in [4.78, 5) is 0. The Kier molecular flexibility index (Phi) is 4.59. The van der Waals surface area contributed by atoms with E-state index in [0.717, 1.165) is 12.1 Å². The maximum Gasteiger partial charge on any atom is 0.196 e. The number of hydrogen-bond acceptors (Lipinski definition) is 2. The van der Waals surface area contributed by atoms with Crippen molar-refractivity contribution in [2.75, 3.05) is 5.32 Å². The molecular formula is C13H8Br2F3NO. The van der Waals surface area contributed by atoms with Gasteiger partial charge in [-0.1, -0.05) is 0 Å². The van der Waals surface area contributed by atoms with Gasteiger partial charge >= 0.3 is 0 Å². The molecule has 2 N–H and O–H groups in total. The zero-order valence-electron chi connectivity index (χ0n) is 9.85. The fourth-order valence-electron chi connectivity index (χ4n) is 1.58. The Morgan fingerprint density at radius 1 is 1.00 bits per heavy atom. The van der Waals surface area contributed by atoms with Crippen LogP contribution in [0.3, 0.4) is 0 Å². The highest BCUT2D eigenvalue weighted by molar-refractivity contribution is 9.11. The van der Waals surface area contributed by atoms with Crippen molar-refractivity contribution in [3.63, 3.8) is 0 Å². The van der Waals surface area contributed by atoms with E-state index in [1.807, 2.05) is 0 Å². The van der Waals surface area contributed by atoms with Crippen LogP contribution >= 0.6 is 31.9 Å². The highest BCUT2D eigenvalue weighted by atomic mass is 79.9. The molecule has 0 unspecified atom stereocenters. The van der Waals surface area contributed by atoms with Gasteiger partial charge < -0.3 is 10.4 Å². The lowest BCUT2D eigenvalue weighted by molar-refractivity contribution is 0.449. The molecule has 0 radical (unpaired) electrons. The highest BCUT2D eigenvalue weighted by Gasteiger charge is 2.13. The van der Waals surface area contributed by atoms with Gasteiger partial charge in [-0.2, -0.15) is 0 Å². The molecule has 106 valence electrons. The van der Waals surface area contributed by atoms with Crippen LogP contribution in [-0.2, 0) is 6.54 Å². The molecule has 7 heteroatoms. The fraction of sp³-hybridized carbons (Fsp3) is 0.0769. The van der Waals surface area contributed by atoms with Crippen LogP contribution in [0.4, 0.5) is 18.9 Å². The molecular weight excluding hydrogens is 403 g/mol. The summed E-state index contributed by atoms with van der Waals surface area (Å²) in [5, 5.41) is 12.2. The minimum absolute atomic E-state index is 0.0488.